The van der Waals surface area contributed by atoms with E-state index in [1.165, 1.54) is 0 Å². The van der Waals surface area contributed by atoms with Crippen LogP contribution in [-0.2, 0) is 17.9 Å². The van der Waals surface area contributed by atoms with E-state index in [-0.39, 0.29) is 17.4 Å². The number of rotatable bonds is 2. The standard InChI is InChI=1S/C20H20N4O2/c25-19-7-3-6-17-15-8-14(10-24(17)19)9-22(11-15)20(26)12-23-13-21-16-4-1-2-5-18(16)23/h1-7,13-15H,8-12H2/t14-,15+/m0/s1. The molecule has 0 aliphatic carbocycles. The first-order valence-corrected chi connectivity index (χ1v) is 9.06. The summed E-state index contributed by atoms with van der Waals surface area (Å²) in [5, 5.41) is 0. The maximum Gasteiger partial charge on any atom is 0.250 e. The summed E-state index contributed by atoms with van der Waals surface area (Å²) in [6.45, 7) is 2.43. The van der Waals surface area contributed by atoms with Gasteiger partial charge in [-0.1, -0.05) is 18.2 Å². The molecule has 3 aromatic rings. The molecule has 0 radical (unpaired) electrons. The lowest BCUT2D eigenvalue weighted by molar-refractivity contribution is -0.134. The van der Waals surface area contributed by atoms with Crippen molar-refractivity contribution in [1.82, 2.24) is 19.0 Å². The lowest BCUT2D eigenvalue weighted by Gasteiger charge is -2.42. The number of hydrogen-bond donors (Lipinski definition) is 0. The summed E-state index contributed by atoms with van der Waals surface area (Å²) in [5.74, 6) is 0.722. The Hall–Kier alpha value is -2.89. The third-order valence-corrected chi connectivity index (χ3v) is 5.67. The van der Waals surface area contributed by atoms with E-state index in [1.807, 2.05) is 50.4 Å². The fraction of sp³-hybridized carbons (Fsp3) is 0.350. The minimum atomic E-state index is 0.0712. The molecule has 1 saturated heterocycles. The molecule has 1 fully saturated rings. The Bertz CT molecular complexity index is 1050. The van der Waals surface area contributed by atoms with Crippen LogP contribution < -0.4 is 5.56 Å². The molecule has 6 nitrogen and oxygen atoms in total. The van der Waals surface area contributed by atoms with E-state index in [0.29, 0.717) is 25.6 Å². The van der Waals surface area contributed by atoms with Crippen LogP contribution in [0, 0.1) is 5.92 Å². The summed E-state index contributed by atoms with van der Waals surface area (Å²) in [7, 11) is 0. The number of nitrogens with zero attached hydrogens (tertiary/aromatic N) is 4. The SMILES string of the molecule is O=C(Cn1cnc2ccccc21)N1C[C@@H]2C[C@H](C1)c1cccc(=O)n1C2. The first kappa shape index (κ1) is 15.4. The molecule has 1 amide bonds. The molecule has 2 aliphatic rings. The van der Waals surface area contributed by atoms with Crippen LogP contribution in [0.5, 0.6) is 0 Å². The van der Waals surface area contributed by atoms with Crippen LogP contribution in [0.3, 0.4) is 0 Å². The van der Waals surface area contributed by atoms with E-state index in [0.717, 1.165) is 29.7 Å². The van der Waals surface area contributed by atoms with Crippen molar-refractivity contribution >= 4 is 16.9 Å². The topological polar surface area (TPSA) is 60.1 Å². The van der Waals surface area contributed by atoms with Crippen molar-refractivity contribution in [3.05, 3.63) is 64.8 Å². The third-order valence-electron chi connectivity index (χ3n) is 5.67. The number of aromatic nitrogens is 3. The Morgan fingerprint density at radius 2 is 1.96 bits per heavy atom. The highest BCUT2D eigenvalue weighted by Gasteiger charge is 2.36. The Kier molecular flexibility index (Phi) is 3.45. The molecular weight excluding hydrogens is 328 g/mol. The van der Waals surface area contributed by atoms with Crippen molar-refractivity contribution in [3.8, 4) is 0 Å². The summed E-state index contributed by atoms with van der Waals surface area (Å²) in [5.41, 5.74) is 3.03. The number of likely N-dealkylation sites (tertiary alicyclic amines) is 1. The highest BCUT2D eigenvalue weighted by atomic mass is 16.2. The number of imidazole rings is 1. The van der Waals surface area contributed by atoms with Crippen molar-refractivity contribution in [2.24, 2.45) is 5.92 Å². The third kappa shape index (κ3) is 2.44. The molecule has 2 aliphatic heterocycles. The van der Waals surface area contributed by atoms with E-state index in [2.05, 4.69) is 4.98 Å². The van der Waals surface area contributed by atoms with Gasteiger partial charge in [0.1, 0.15) is 6.54 Å². The smallest absolute Gasteiger partial charge is 0.250 e. The van der Waals surface area contributed by atoms with Crippen molar-refractivity contribution in [2.75, 3.05) is 13.1 Å². The molecule has 0 N–H and O–H groups in total. The molecule has 2 aromatic heterocycles. The van der Waals surface area contributed by atoms with Gasteiger partial charge in [-0.05, 0) is 30.5 Å². The number of hydrogen-bond acceptors (Lipinski definition) is 3. The molecule has 5 rings (SSSR count). The molecule has 132 valence electrons. The molecule has 4 heterocycles. The highest BCUT2D eigenvalue weighted by Crippen LogP contribution is 2.35. The highest BCUT2D eigenvalue weighted by molar-refractivity contribution is 5.80. The van der Waals surface area contributed by atoms with Gasteiger partial charge in [0.2, 0.25) is 5.91 Å². The normalized spacial score (nSPS) is 21.6. The van der Waals surface area contributed by atoms with Gasteiger partial charge in [-0.3, -0.25) is 9.59 Å². The van der Waals surface area contributed by atoms with Gasteiger partial charge in [-0.25, -0.2) is 4.98 Å². The molecular formula is C20H20N4O2. The number of carbonyl (C=O) groups excluding carboxylic acids is 1. The Morgan fingerprint density at radius 1 is 1.08 bits per heavy atom. The maximum absolute atomic E-state index is 12.9. The minimum Gasteiger partial charge on any atom is -0.340 e. The summed E-state index contributed by atoms with van der Waals surface area (Å²) in [6.07, 6.45) is 2.80. The van der Waals surface area contributed by atoms with E-state index in [1.54, 1.807) is 12.4 Å². The molecule has 1 aromatic carbocycles. The van der Waals surface area contributed by atoms with E-state index < -0.39 is 0 Å². The second-order valence-corrected chi connectivity index (χ2v) is 7.36. The number of piperidine rings is 1. The lowest BCUT2D eigenvalue weighted by Crippen LogP contribution is -2.49. The van der Waals surface area contributed by atoms with Gasteiger partial charge < -0.3 is 14.0 Å². The predicted molar refractivity (Wildman–Crippen MR) is 97.9 cm³/mol. The van der Waals surface area contributed by atoms with Crippen LogP contribution in [0.15, 0.2) is 53.6 Å². The molecule has 6 heteroatoms. The molecule has 0 unspecified atom stereocenters. The zero-order chi connectivity index (χ0) is 17.7. The van der Waals surface area contributed by atoms with E-state index in [9.17, 15) is 9.59 Å². The Balaban J connectivity index is 1.39. The van der Waals surface area contributed by atoms with Gasteiger partial charge in [0.15, 0.2) is 0 Å². The molecule has 0 spiro atoms. The van der Waals surface area contributed by atoms with Gasteiger partial charge in [0.25, 0.3) is 5.56 Å². The summed E-state index contributed by atoms with van der Waals surface area (Å²) in [6, 6.07) is 13.3. The second kappa shape index (κ2) is 5.83. The molecule has 2 atom stereocenters. The molecule has 0 saturated carbocycles. The number of benzene rings is 1. The van der Waals surface area contributed by atoms with Crippen molar-refractivity contribution < 1.29 is 4.79 Å². The van der Waals surface area contributed by atoms with Crippen LogP contribution in [-0.4, -0.2) is 38.0 Å². The number of carbonyl (C=O) groups is 1. The first-order chi connectivity index (χ1) is 12.7. The van der Waals surface area contributed by atoms with E-state index in [4.69, 9.17) is 0 Å². The van der Waals surface area contributed by atoms with Crippen molar-refractivity contribution in [3.63, 3.8) is 0 Å². The van der Waals surface area contributed by atoms with Gasteiger partial charge in [-0.2, -0.15) is 0 Å². The molecule has 26 heavy (non-hydrogen) atoms. The summed E-state index contributed by atoms with van der Waals surface area (Å²) in [4.78, 5) is 31.4. The number of amides is 1. The monoisotopic (exact) mass is 348 g/mol. The fourth-order valence-corrected chi connectivity index (χ4v) is 4.48. The van der Waals surface area contributed by atoms with Crippen molar-refractivity contribution in [2.45, 2.75) is 25.4 Å². The number of pyridine rings is 1. The average molecular weight is 348 g/mol. The van der Waals surface area contributed by atoms with Gasteiger partial charge >= 0.3 is 0 Å². The van der Waals surface area contributed by atoms with Crippen molar-refractivity contribution in [1.29, 1.82) is 0 Å². The van der Waals surface area contributed by atoms with Crippen LogP contribution >= 0.6 is 0 Å². The molecule has 2 bridgehead atoms. The second-order valence-electron chi connectivity index (χ2n) is 7.36. The zero-order valence-corrected chi connectivity index (χ0v) is 14.4. The number of fused-ring (bicyclic) bond motifs is 5. The van der Waals surface area contributed by atoms with Crippen LogP contribution in [0.4, 0.5) is 0 Å². The summed E-state index contributed by atoms with van der Waals surface area (Å²) >= 11 is 0. The van der Waals surface area contributed by atoms with Crippen LogP contribution in [0.25, 0.3) is 11.0 Å². The van der Waals surface area contributed by atoms with Crippen LogP contribution in [0.1, 0.15) is 18.0 Å². The zero-order valence-electron chi connectivity index (χ0n) is 14.4. The average Bonchev–Trinajstić information content (AvgIpc) is 3.05. The Morgan fingerprint density at radius 3 is 2.88 bits per heavy atom. The first-order valence-electron chi connectivity index (χ1n) is 9.06. The number of para-hydroxylation sites is 2. The lowest BCUT2D eigenvalue weighted by atomic mass is 9.83. The predicted octanol–water partition coefficient (Wildman–Crippen LogP) is 1.84. The van der Waals surface area contributed by atoms with E-state index >= 15 is 0 Å². The maximum atomic E-state index is 12.9. The Labute approximate surface area is 150 Å². The fourth-order valence-electron chi connectivity index (χ4n) is 4.48. The van der Waals surface area contributed by atoms with Gasteiger partial charge in [0.05, 0.1) is 17.4 Å². The quantitative estimate of drug-likeness (QED) is 0.710. The van der Waals surface area contributed by atoms with Gasteiger partial charge in [0, 0.05) is 37.3 Å². The largest absolute Gasteiger partial charge is 0.340 e. The van der Waals surface area contributed by atoms with Crippen LogP contribution in [0.2, 0.25) is 0 Å². The summed E-state index contributed by atoms with van der Waals surface area (Å²) < 4.78 is 3.81. The minimum absolute atomic E-state index is 0.0712. The van der Waals surface area contributed by atoms with Gasteiger partial charge in [-0.15, -0.1) is 0 Å².